The predicted octanol–water partition coefficient (Wildman–Crippen LogP) is 2.88. The molecule has 0 fully saturated rings. The van der Waals surface area contributed by atoms with Gasteiger partial charge in [0.25, 0.3) is 0 Å². The summed E-state index contributed by atoms with van der Waals surface area (Å²) in [5.74, 6) is 0.389. The first-order valence-corrected chi connectivity index (χ1v) is 5.95. The third kappa shape index (κ3) is 2.91. The first-order chi connectivity index (χ1) is 9.09. The van der Waals surface area contributed by atoms with Crippen molar-refractivity contribution in [2.24, 2.45) is 0 Å². The Morgan fingerprint density at radius 1 is 1.26 bits per heavy atom. The Balaban J connectivity index is 2.18. The summed E-state index contributed by atoms with van der Waals surface area (Å²) in [6.07, 6.45) is 3.39. The summed E-state index contributed by atoms with van der Waals surface area (Å²) in [7, 11) is 0. The van der Waals surface area contributed by atoms with Crippen molar-refractivity contribution in [3.8, 4) is 11.5 Å². The van der Waals surface area contributed by atoms with Crippen LogP contribution in [-0.4, -0.2) is 15.9 Å². The predicted molar refractivity (Wildman–Crippen MR) is 71.4 cm³/mol. The maximum absolute atomic E-state index is 11.3. The van der Waals surface area contributed by atoms with Crippen molar-refractivity contribution in [3.63, 3.8) is 0 Å². The third-order valence-electron chi connectivity index (χ3n) is 2.90. The first-order valence-electron chi connectivity index (χ1n) is 5.95. The lowest BCUT2D eigenvalue weighted by molar-refractivity contribution is 0.101. The van der Waals surface area contributed by atoms with E-state index in [0.29, 0.717) is 23.5 Å². The Morgan fingerprint density at radius 2 is 1.95 bits per heavy atom. The number of hydrogen-bond acceptors (Lipinski definition) is 4. The zero-order valence-corrected chi connectivity index (χ0v) is 10.9. The molecule has 0 saturated heterocycles. The molecule has 0 spiro atoms. The fraction of sp³-hybridized carbons (Fsp3) is 0.200. The number of carbonyl (C=O) groups is 1. The lowest BCUT2D eigenvalue weighted by Crippen LogP contribution is -2.00. The van der Waals surface area contributed by atoms with E-state index < -0.39 is 0 Å². The van der Waals surface area contributed by atoms with Crippen molar-refractivity contribution in [1.29, 1.82) is 0 Å². The third-order valence-corrected chi connectivity index (χ3v) is 2.90. The molecule has 1 N–H and O–H groups in total. The monoisotopic (exact) mass is 257 g/mol. The number of carbonyl (C=O) groups excluding carboxylic acids is 1. The molecule has 1 heterocycles. The molecule has 1 aromatic carbocycles. The van der Waals surface area contributed by atoms with Crippen LogP contribution in [0.5, 0.6) is 11.5 Å². The molecule has 4 heteroatoms. The van der Waals surface area contributed by atoms with Crippen molar-refractivity contribution in [3.05, 3.63) is 53.3 Å². The number of phenols is 1. The van der Waals surface area contributed by atoms with Gasteiger partial charge in [0.15, 0.2) is 5.78 Å². The van der Waals surface area contributed by atoms with Crippen LogP contribution in [0.3, 0.4) is 0 Å². The van der Waals surface area contributed by atoms with Crippen molar-refractivity contribution < 1.29 is 14.6 Å². The van der Waals surface area contributed by atoms with Gasteiger partial charge in [0.05, 0.1) is 5.56 Å². The SMILES string of the molecule is CC(=O)c1ccc(OCc2ccncc2)c(C)c1O. The van der Waals surface area contributed by atoms with E-state index in [4.69, 9.17) is 4.74 Å². The molecule has 0 aliphatic rings. The first kappa shape index (κ1) is 13.1. The second kappa shape index (κ2) is 5.52. The maximum Gasteiger partial charge on any atom is 0.163 e. The van der Waals surface area contributed by atoms with Crippen LogP contribution in [-0.2, 0) is 6.61 Å². The number of ether oxygens (including phenoxy) is 1. The van der Waals surface area contributed by atoms with E-state index in [2.05, 4.69) is 4.98 Å². The van der Waals surface area contributed by atoms with E-state index in [-0.39, 0.29) is 11.5 Å². The van der Waals surface area contributed by atoms with Crippen molar-refractivity contribution >= 4 is 5.78 Å². The minimum Gasteiger partial charge on any atom is -0.507 e. The summed E-state index contributed by atoms with van der Waals surface area (Å²) < 4.78 is 5.64. The van der Waals surface area contributed by atoms with Gasteiger partial charge in [-0.2, -0.15) is 0 Å². The topological polar surface area (TPSA) is 59.4 Å². The molecule has 0 atom stereocenters. The summed E-state index contributed by atoms with van der Waals surface area (Å²) in [5.41, 5.74) is 1.88. The molecule has 0 aliphatic carbocycles. The number of aromatic nitrogens is 1. The van der Waals surface area contributed by atoms with E-state index in [1.807, 2.05) is 12.1 Å². The lowest BCUT2D eigenvalue weighted by atomic mass is 10.1. The number of benzene rings is 1. The summed E-state index contributed by atoms with van der Waals surface area (Å²) in [5, 5.41) is 9.94. The Labute approximate surface area is 111 Å². The van der Waals surface area contributed by atoms with Crippen LogP contribution in [0.25, 0.3) is 0 Å². The minimum atomic E-state index is -0.165. The molecule has 0 unspecified atom stereocenters. The Bertz CT molecular complexity index is 594. The van der Waals surface area contributed by atoms with E-state index in [1.54, 1.807) is 31.5 Å². The maximum atomic E-state index is 11.3. The number of pyridine rings is 1. The number of phenolic OH excluding ortho intramolecular Hbond substituents is 1. The fourth-order valence-corrected chi connectivity index (χ4v) is 1.76. The summed E-state index contributed by atoms with van der Waals surface area (Å²) in [6.45, 7) is 3.54. The minimum absolute atomic E-state index is 0.0141. The van der Waals surface area contributed by atoms with Gasteiger partial charge in [-0.15, -0.1) is 0 Å². The van der Waals surface area contributed by atoms with Crippen LogP contribution >= 0.6 is 0 Å². The van der Waals surface area contributed by atoms with Crippen LogP contribution in [0.1, 0.15) is 28.4 Å². The molecule has 0 bridgehead atoms. The number of ketones is 1. The Hall–Kier alpha value is -2.36. The summed E-state index contributed by atoms with van der Waals surface area (Å²) >= 11 is 0. The molecule has 2 aromatic rings. The number of hydrogen-bond donors (Lipinski definition) is 1. The van der Waals surface area contributed by atoms with Gasteiger partial charge in [-0.05, 0) is 43.7 Å². The van der Waals surface area contributed by atoms with Crippen LogP contribution < -0.4 is 4.74 Å². The molecule has 98 valence electrons. The second-order valence-corrected chi connectivity index (χ2v) is 4.29. The van der Waals surface area contributed by atoms with Gasteiger partial charge in [-0.3, -0.25) is 9.78 Å². The van der Waals surface area contributed by atoms with E-state index in [0.717, 1.165) is 5.56 Å². The van der Waals surface area contributed by atoms with Crippen LogP contribution in [0.2, 0.25) is 0 Å². The number of rotatable bonds is 4. The molecule has 0 saturated carbocycles. The average molecular weight is 257 g/mol. The molecule has 0 aliphatic heterocycles. The highest BCUT2D eigenvalue weighted by atomic mass is 16.5. The smallest absolute Gasteiger partial charge is 0.163 e. The Morgan fingerprint density at radius 3 is 2.58 bits per heavy atom. The molecular weight excluding hydrogens is 242 g/mol. The quantitative estimate of drug-likeness (QED) is 0.855. The fourth-order valence-electron chi connectivity index (χ4n) is 1.76. The van der Waals surface area contributed by atoms with E-state index in [1.165, 1.54) is 6.92 Å². The zero-order chi connectivity index (χ0) is 13.8. The highest BCUT2D eigenvalue weighted by Crippen LogP contribution is 2.31. The van der Waals surface area contributed by atoms with Gasteiger partial charge < -0.3 is 9.84 Å². The largest absolute Gasteiger partial charge is 0.507 e. The summed E-state index contributed by atoms with van der Waals surface area (Å²) in [4.78, 5) is 15.2. The van der Waals surface area contributed by atoms with Crippen molar-refractivity contribution in [2.75, 3.05) is 0 Å². The molecule has 0 amide bonds. The van der Waals surface area contributed by atoms with Gasteiger partial charge in [0, 0.05) is 18.0 Å². The highest BCUT2D eigenvalue weighted by molar-refractivity contribution is 5.97. The van der Waals surface area contributed by atoms with E-state index in [9.17, 15) is 9.90 Å². The molecule has 1 aromatic heterocycles. The normalized spacial score (nSPS) is 10.2. The van der Waals surface area contributed by atoms with Gasteiger partial charge in [-0.25, -0.2) is 0 Å². The van der Waals surface area contributed by atoms with Gasteiger partial charge >= 0.3 is 0 Å². The molecule has 4 nitrogen and oxygen atoms in total. The molecule has 0 radical (unpaired) electrons. The standard InChI is InChI=1S/C15H15NO3/c1-10-14(4-3-13(11(2)17)15(10)18)19-9-12-5-7-16-8-6-12/h3-8,18H,9H2,1-2H3. The van der Waals surface area contributed by atoms with Gasteiger partial charge in [0.2, 0.25) is 0 Å². The van der Waals surface area contributed by atoms with Crippen molar-refractivity contribution in [2.45, 2.75) is 20.5 Å². The Kier molecular flexibility index (Phi) is 3.80. The zero-order valence-electron chi connectivity index (χ0n) is 10.9. The average Bonchev–Trinajstić information content (AvgIpc) is 2.41. The van der Waals surface area contributed by atoms with Crippen LogP contribution in [0.4, 0.5) is 0 Å². The summed E-state index contributed by atoms with van der Waals surface area (Å²) in [6, 6.07) is 7.00. The molecule has 19 heavy (non-hydrogen) atoms. The van der Waals surface area contributed by atoms with Gasteiger partial charge in [0.1, 0.15) is 18.1 Å². The van der Waals surface area contributed by atoms with Gasteiger partial charge in [-0.1, -0.05) is 0 Å². The van der Waals surface area contributed by atoms with Crippen LogP contribution in [0.15, 0.2) is 36.7 Å². The number of nitrogens with zero attached hydrogens (tertiary/aromatic N) is 1. The number of Topliss-reactive ketones (excluding diaryl/α,β-unsaturated/α-hetero) is 1. The number of aromatic hydroxyl groups is 1. The van der Waals surface area contributed by atoms with Crippen LogP contribution in [0, 0.1) is 6.92 Å². The molecule has 2 rings (SSSR count). The second-order valence-electron chi connectivity index (χ2n) is 4.29. The highest BCUT2D eigenvalue weighted by Gasteiger charge is 2.12. The molecular formula is C15H15NO3. The van der Waals surface area contributed by atoms with E-state index >= 15 is 0 Å². The lowest BCUT2D eigenvalue weighted by Gasteiger charge is -2.12. The van der Waals surface area contributed by atoms with Crippen molar-refractivity contribution in [1.82, 2.24) is 4.98 Å².